The fourth-order valence-electron chi connectivity index (χ4n) is 0. The third-order valence-electron chi connectivity index (χ3n) is 0. The standard InChI is InChI=1S/2Ba.2Ce.3O.2Y.2Zr.4H/q2*+2;;;3*-2;2*+3;;;4*-1. The van der Waals surface area contributed by atoms with Crippen molar-refractivity contribution in [3.8, 4) is 0 Å². The van der Waals surface area contributed by atoms with Gasteiger partial charge in [0.05, 0.1) is 0 Å². The summed E-state index contributed by atoms with van der Waals surface area (Å²) in [5.41, 5.74) is 0. The van der Waals surface area contributed by atoms with Crippen LogP contribution in [-0.2, 0) is 134 Å². The molecule has 11 heavy (non-hydrogen) atoms. The van der Waals surface area contributed by atoms with Gasteiger partial charge >= 0.3 is 163 Å². The summed E-state index contributed by atoms with van der Waals surface area (Å²) in [6, 6.07) is 0. The van der Waals surface area contributed by atoms with E-state index < -0.39 is 0 Å². The molecule has 0 fully saturated rings. The van der Waals surface area contributed by atoms with Gasteiger partial charge in [0, 0.05) is 136 Å². The Morgan fingerprint density at radius 1 is 0.545 bits per heavy atom. The monoisotopic (exact) mass is 965 g/mol. The Bertz CT molecular complexity index is 37.8. The van der Waals surface area contributed by atoms with Gasteiger partial charge in [-0.15, -0.1) is 0 Å². The molecule has 0 atom stereocenters. The fraction of sp³-hybridized carbons (Fsp3) is 0. The van der Waals surface area contributed by atoms with Gasteiger partial charge in [-0.1, -0.05) is 0 Å². The maximum atomic E-state index is 0. The van der Waals surface area contributed by atoms with E-state index in [9.17, 15) is 0 Å². The minimum Gasteiger partial charge on any atom is -2.00 e. The van der Waals surface area contributed by atoms with Crippen LogP contribution in [0.1, 0.15) is 5.71 Å². The van der Waals surface area contributed by atoms with Crippen molar-refractivity contribution in [3.05, 3.63) is 0 Å². The number of rotatable bonds is 0. The van der Waals surface area contributed by atoms with E-state index in [1.54, 1.807) is 0 Å². The Balaban J connectivity index is 0. The molecule has 0 bridgehead atoms. The van der Waals surface area contributed by atoms with Gasteiger partial charge in [-0.3, -0.25) is 0 Å². The summed E-state index contributed by atoms with van der Waals surface area (Å²) in [4.78, 5) is 0. The minimum atomic E-state index is 0. The Hall–Kier alpha value is 9.75. The van der Waals surface area contributed by atoms with E-state index in [1.807, 2.05) is 0 Å². The molecule has 0 amide bonds. The zero-order valence-electron chi connectivity index (χ0n) is 9.79. The summed E-state index contributed by atoms with van der Waals surface area (Å²) in [6.45, 7) is 0. The van der Waals surface area contributed by atoms with Gasteiger partial charge in [-0.25, -0.2) is 0 Å². The van der Waals surface area contributed by atoms with Crippen molar-refractivity contribution in [1.29, 1.82) is 0 Å². The van der Waals surface area contributed by atoms with Crippen LogP contribution >= 0.6 is 0 Å². The van der Waals surface area contributed by atoms with Gasteiger partial charge in [0.15, 0.2) is 0 Å². The molecule has 0 saturated heterocycles. The zero-order valence-corrected chi connectivity index (χ0v) is 31.5. The topological polar surface area (TPSA) is 85.5 Å². The van der Waals surface area contributed by atoms with Gasteiger partial charge in [-0.05, 0) is 0 Å². The molecule has 0 spiro atoms. The molecule has 0 aliphatic carbocycles. The molecule has 11 heteroatoms. The van der Waals surface area contributed by atoms with Crippen molar-refractivity contribution in [2.45, 2.75) is 0 Å². The Kier molecular flexibility index (Phi) is 565. The fourth-order valence-corrected chi connectivity index (χ4v) is 0. The van der Waals surface area contributed by atoms with Gasteiger partial charge in [0.2, 0.25) is 0 Å². The van der Waals surface area contributed by atoms with Gasteiger partial charge in [0.25, 0.3) is 0 Å². The molecule has 0 rings (SSSR count). The molecule has 3 nitrogen and oxygen atoms in total. The normalized spacial score (nSPS) is 0. The molecule has 0 aromatic rings. The number of hydrogen-bond donors (Lipinski definition) is 0. The van der Waals surface area contributed by atoms with E-state index in [4.69, 9.17) is 0 Å². The van der Waals surface area contributed by atoms with Crippen molar-refractivity contribution in [3.63, 3.8) is 0 Å². The summed E-state index contributed by atoms with van der Waals surface area (Å²) < 4.78 is 0. The number of hydrogen-bond acceptors (Lipinski definition) is 0. The third kappa shape index (κ3) is 65.5. The molecule has 0 aromatic heterocycles. The second-order valence-corrected chi connectivity index (χ2v) is 0. The first-order valence-corrected chi connectivity index (χ1v) is 0. The van der Waals surface area contributed by atoms with Crippen LogP contribution in [0.2, 0.25) is 0 Å². The molecule has 0 radical (unpaired) electrons. The van der Waals surface area contributed by atoms with Gasteiger partial charge < -0.3 is 22.1 Å². The largest absolute Gasteiger partial charge is 3.00 e. The zero-order chi connectivity index (χ0) is 0. The van der Waals surface area contributed by atoms with Crippen molar-refractivity contribution in [2.75, 3.05) is 0 Å². The Morgan fingerprint density at radius 3 is 0.545 bits per heavy atom. The molecule has 0 aliphatic rings. The van der Waals surface area contributed by atoms with Crippen LogP contribution in [-0.4, -0.2) is 97.8 Å². The molecular formula is H4Ba2Ce2O3Y2Zr2. The molecular weight excluding hydrogens is 963 g/mol. The average Bonchev–Trinajstić information content (AvgIpc) is 0. The van der Waals surface area contributed by atoms with Crippen LogP contribution in [0.3, 0.4) is 0 Å². The van der Waals surface area contributed by atoms with E-state index in [0.29, 0.717) is 0 Å². The summed E-state index contributed by atoms with van der Waals surface area (Å²) in [7, 11) is 0. The van der Waals surface area contributed by atoms with Crippen LogP contribution in [0.15, 0.2) is 0 Å². The molecule has 48 valence electrons. The maximum Gasteiger partial charge on any atom is 3.00 e. The van der Waals surface area contributed by atoms with E-state index in [2.05, 4.69) is 0 Å². The SMILES string of the molecule is [Ba+2].[Ba+2].[Ce].[Ce].[H-].[H-].[H-].[H-].[O-2].[O-2].[O-2].[Y+3].[Y+3].[Zr].[Zr]. The molecule has 0 unspecified atom stereocenters. The Morgan fingerprint density at radius 2 is 0.545 bits per heavy atom. The van der Waals surface area contributed by atoms with Crippen LogP contribution < -0.4 is 0 Å². The van der Waals surface area contributed by atoms with Crippen LogP contribution in [0.4, 0.5) is 0 Å². The third-order valence-corrected chi connectivity index (χ3v) is 0. The van der Waals surface area contributed by atoms with E-state index >= 15 is 0 Å². The van der Waals surface area contributed by atoms with E-state index in [1.165, 1.54) is 0 Å². The van der Waals surface area contributed by atoms with Gasteiger partial charge in [0.1, 0.15) is 0 Å². The predicted molar refractivity (Wildman–Crippen MR) is 18.0 cm³/mol. The van der Waals surface area contributed by atoms with Crippen molar-refractivity contribution in [1.82, 2.24) is 0 Å². The summed E-state index contributed by atoms with van der Waals surface area (Å²) in [5, 5.41) is 0. The smallest absolute Gasteiger partial charge is 2.00 e. The Labute approximate surface area is 310 Å². The summed E-state index contributed by atoms with van der Waals surface area (Å²) in [5.74, 6) is 0. The summed E-state index contributed by atoms with van der Waals surface area (Å²) >= 11 is 0. The van der Waals surface area contributed by atoms with Crippen LogP contribution in [0.5, 0.6) is 0 Å². The summed E-state index contributed by atoms with van der Waals surface area (Å²) in [6.07, 6.45) is 0. The van der Waals surface area contributed by atoms with Gasteiger partial charge in [-0.2, -0.15) is 0 Å². The van der Waals surface area contributed by atoms with Crippen molar-refractivity contribution >= 4 is 97.8 Å². The first-order valence-electron chi connectivity index (χ1n) is 0. The molecule has 0 N–H and O–H groups in total. The first-order chi connectivity index (χ1) is 0. The van der Waals surface area contributed by atoms with Crippen LogP contribution in [0, 0.1) is 83.5 Å². The predicted octanol–water partition coefficient (Wildman–Crippen LogP) is -0.678. The molecule has 0 heterocycles. The average molecular weight is 967 g/mol. The molecule has 0 saturated carbocycles. The first kappa shape index (κ1) is 85.1. The minimum absolute atomic E-state index is 0. The maximum absolute atomic E-state index is 0. The molecule has 0 aromatic carbocycles. The van der Waals surface area contributed by atoms with Crippen molar-refractivity contribution in [2.24, 2.45) is 0 Å². The quantitative estimate of drug-likeness (QED) is 0.289. The second kappa shape index (κ2) is 73.0. The second-order valence-electron chi connectivity index (χ2n) is 0. The molecule has 0 aliphatic heterocycles. The van der Waals surface area contributed by atoms with E-state index in [0.717, 1.165) is 0 Å². The van der Waals surface area contributed by atoms with Crippen molar-refractivity contribution < 1.29 is 223 Å². The van der Waals surface area contributed by atoms with E-state index in [-0.39, 0.29) is 321 Å². The van der Waals surface area contributed by atoms with Crippen LogP contribution in [0.25, 0.3) is 0 Å².